The van der Waals surface area contributed by atoms with Gasteiger partial charge < -0.3 is 0 Å². The van der Waals surface area contributed by atoms with Crippen molar-refractivity contribution in [3.8, 4) is 0 Å². The molecule has 0 unspecified atom stereocenters. The Morgan fingerprint density at radius 2 is 2.25 bits per heavy atom. The summed E-state index contributed by atoms with van der Waals surface area (Å²) in [6.07, 6.45) is 1.48. The Labute approximate surface area is 68.7 Å². The van der Waals surface area contributed by atoms with Crippen LogP contribution in [-0.2, 0) is 12.3 Å². The van der Waals surface area contributed by atoms with Gasteiger partial charge >= 0.3 is 0 Å². The van der Waals surface area contributed by atoms with Gasteiger partial charge in [0.1, 0.15) is 5.82 Å². The number of rotatable bonds is 0. The molecule has 0 aliphatic heterocycles. The van der Waals surface area contributed by atoms with Crippen molar-refractivity contribution in [1.82, 2.24) is 9.97 Å². The van der Waals surface area contributed by atoms with Crippen LogP contribution < -0.4 is 0 Å². The Morgan fingerprint density at radius 1 is 1.50 bits per heavy atom. The van der Waals surface area contributed by atoms with E-state index in [1.54, 1.807) is 6.92 Å². The molecule has 64 valence electrons. The Bertz CT molecular complexity index is 323. The minimum atomic E-state index is -2.71. The lowest BCUT2D eigenvalue weighted by Crippen LogP contribution is -2.08. The normalized spacial score (nSPS) is 19.2. The highest BCUT2D eigenvalue weighted by molar-refractivity contribution is 5.27. The van der Waals surface area contributed by atoms with Crippen molar-refractivity contribution < 1.29 is 8.78 Å². The Kier molecular flexibility index (Phi) is 1.40. The van der Waals surface area contributed by atoms with Crippen molar-refractivity contribution in [2.45, 2.75) is 25.7 Å². The first-order valence-corrected chi connectivity index (χ1v) is 3.80. The van der Waals surface area contributed by atoms with Crippen LogP contribution in [0.15, 0.2) is 6.20 Å². The third-order valence-corrected chi connectivity index (χ3v) is 2.06. The van der Waals surface area contributed by atoms with Crippen LogP contribution in [-0.4, -0.2) is 9.97 Å². The van der Waals surface area contributed by atoms with Crippen molar-refractivity contribution in [2.24, 2.45) is 0 Å². The quantitative estimate of drug-likeness (QED) is 0.593. The first-order valence-electron chi connectivity index (χ1n) is 3.80. The zero-order valence-corrected chi connectivity index (χ0v) is 6.64. The summed E-state index contributed by atoms with van der Waals surface area (Å²) in [4.78, 5) is 7.71. The van der Waals surface area contributed by atoms with Crippen molar-refractivity contribution >= 4 is 0 Å². The highest BCUT2D eigenvalue weighted by Gasteiger charge is 2.40. The molecule has 1 aromatic heterocycles. The van der Waals surface area contributed by atoms with Crippen LogP contribution in [0.5, 0.6) is 0 Å². The van der Waals surface area contributed by atoms with Crippen molar-refractivity contribution in [1.29, 1.82) is 0 Å². The number of halogens is 2. The summed E-state index contributed by atoms with van der Waals surface area (Å²) in [5.74, 6) is -2.14. The number of fused-ring (bicyclic) bond motifs is 1. The Hall–Kier alpha value is -1.06. The average molecular weight is 170 g/mol. The Morgan fingerprint density at radius 3 is 3.00 bits per heavy atom. The maximum atomic E-state index is 13.0. The van der Waals surface area contributed by atoms with Crippen molar-refractivity contribution in [3.63, 3.8) is 0 Å². The molecule has 1 aliphatic rings. The number of alkyl halides is 2. The molecule has 0 saturated heterocycles. The fraction of sp³-hybridized carbons (Fsp3) is 0.500. The molecule has 0 radical (unpaired) electrons. The fourth-order valence-electron chi connectivity index (χ4n) is 1.42. The second kappa shape index (κ2) is 2.21. The van der Waals surface area contributed by atoms with Gasteiger partial charge in [-0.1, -0.05) is 0 Å². The van der Waals surface area contributed by atoms with E-state index < -0.39 is 5.92 Å². The minimum Gasteiger partial charge on any atom is -0.241 e. The molecule has 2 rings (SSSR count). The molecule has 0 fully saturated rings. The average Bonchev–Trinajstić information content (AvgIpc) is 2.27. The lowest BCUT2D eigenvalue weighted by molar-refractivity contribution is -0.00216. The molecule has 0 spiro atoms. The predicted molar refractivity (Wildman–Crippen MR) is 39.0 cm³/mol. The lowest BCUT2D eigenvalue weighted by Gasteiger charge is -2.07. The molecule has 0 amide bonds. The number of hydrogen-bond acceptors (Lipinski definition) is 2. The molecule has 1 aliphatic carbocycles. The summed E-state index contributed by atoms with van der Waals surface area (Å²) in [6, 6.07) is 0. The third kappa shape index (κ3) is 0.983. The van der Waals surface area contributed by atoms with Crippen LogP contribution in [0, 0.1) is 6.92 Å². The second-order valence-electron chi connectivity index (χ2n) is 2.98. The van der Waals surface area contributed by atoms with Crippen LogP contribution in [0.4, 0.5) is 8.78 Å². The van der Waals surface area contributed by atoms with Crippen LogP contribution in [0.1, 0.15) is 23.5 Å². The number of aryl methyl sites for hydroxylation is 2. The third-order valence-electron chi connectivity index (χ3n) is 2.06. The molecular formula is C8H8F2N2. The molecule has 0 N–H and O–H groups in total. The highest BCUT2D eigenvalue weighted by atomic mass is 19.3. The fourth-order valence-corrected chi connectivity index (χ4v) is 1.42. The number of nitrogens with zero attached hydrogens (tertiary/aromatic N) is 2. The number of hydrogen-bond donors (Lipinski definition) is 0. The van der Waals surface area contributed by atoms with E-state index in [0.29, 0.717) is 17.9 Å². The maximum Gasteiger partial charge on any atom is 0.276 e. The van der Waals surface area contributed by atoms with Crippen LogP contribution >= 0.6 is 0 Å². The van der Waals surface area contributed by atoms with E-state index in [1.165, 1.54) is 6.20 Å². The molecular weight excluding hydrogens is 162 g/mol. The summed E-state index contributed by atoms with van der Waals surface area (Å²) in [5.41, 5.74) is 0.514. The van der Waals surface area contributed by atoms with Crippen LogP contribution in [0.25, 0.3) is 0 Å². The van der Waals surface area contributed by atoms with Gasteiger partial charge in [-0.25, -0.2) is 18.7 Å². The van der Waals surface area contributed by atoms with E-state index in [1.807, 2.05) is 0 Å². The zero-order valence-electron chi connectivity index (χ0n) is 6.64. The van der Waals surface area contributed by atoms with E-state index >= 15 is 0 Å². The maximum absolute atomic E-state index is 13.0. The van der Waals surface area contributed by atoms with E-state index in [0.717, 1.165) is 0 Å². The molecule has 0 aromatic carbocycles. The van der Waals surface area contributed by atoms with Gasteiger partial charge in [0.2, 0.25) is 0 Å². The van der Waals surface area contributed by atoms with Crippen molar-refractivity contribution in [3.05, 3.63) is 23.3 Å². The van der Waals surface area contributed by atoms with E-state index in [-0.39, 0.29) is 12.0 Å². The first kappa shape index (κ1) is 7.58. The summed E-state index contributed by atoms with van der Waals surface area (Å²) >= 11 is 0. The summed E-state index contributed by atoms with van der Waals surface area (Å²) < 4.78 is 26.0. The van der Waals surface area contributed by atoms with Crippen molar-refractivity contribution in [2.75, 3.05) is 0 Å². The van der Waals surface area contributed by atoms with Gasteiger partial charge in [-0.15, -0.1) is 0 Å². The molecule has 1 aromatic rings. The number of aromatic nitrogens is 2. The predicted octanol–water partition coefficient (Wildman–Crippen LogP) is 1.82. The van der Waals surface area contributed by atoms with Gasteiger partial charge in [-0.2, -0.15) is 0 Å². The topological polar surface area (TPSA) is 25.8 Å². The van der Waals surface area contributed by atoms with Gasteiger partial charge in [0.25, 0.3) is 5.92 Å². The van der Waals surface area contributed by atoms with Gasteiger partial charge in [0.05, 0.1) is 11.3 Å². The monoisotopic (exact) mass is 170 g/mol. The van der Waals surface area contributed by atoms with Crippen LogP contribution in [0.3, 0.4) is 0 Å². The second-order valence-corrected chi connectivity index (χ2v) is 2.98. The van der Waals surface area contributed by atoms with Gasteiger partial charge in [-0.3, -0.25) is 0 Å². The molecule has 4 heteroatoms. The summed E-state index contributed by atoms with van der Waals surface area (Å²) in [6.45, 7) is 1.71. The molecule has 0 bridgehead atoms. The Balaban J connectivity index is 2.55. The van der Waals surface area contributed by atoms with E-state index in [9.17, 15) is 8.78 Å². The summed E-state index contributed by atoms with van der Waals surface area (Å²) in [7, 11) is 0. The SMILES string of the molecule is Cc1ncc2c(n1)CCC2(F)F. The van der Waals surface area contributed by atoms with Crippen LogP contribution in [0.2, 0.25) is 0 Å². The minimum absolute atomic E-state index is 0.00750. The molecule has 12 heavy (non-hydrogen) atoms. The molecule has 0 saturated carbocycles. The van der Waals surface area contributed by atoms with E-state index in [4.69, 9.17) is 0 Å². The molecule has 2 nitrogen and oxygen atoms in total. The summed E-state index contributed by atoms with van der Waals surface area (Å²) in [5, 5.41) is 0. The zero-order chi connectivity index (χ0) is 8.77. The molecule has 0 atom stereocenters. The van der Waals surface area contributed by atoms with Gasteiger partial charge in [0.15, 0.2) is 0 Å². The highest BCUT2D eigenvalue weighted by Crippen LogP contribution is 2.39. The lowest BCUT2D eigenvalue weighted by atomic mass is 10.2. The standard InChI is InChI=1S/C8H8F2N2/c1-5-11-4-6-7(12-5)2-3-8(6,9)10/h4H,2-3H2,1H3. The van der Waals surface area contributed by atoms with Gasteiger partial charge in [0, 0.05) is 12.6 Å². The smallest absolute Gasteiger partial charge is 0.241 e. The van der Waals surface area contributed by atoms with Gasteiger partial charge in [-0.05, 0) is 13.3 Å². The molecule has 1 heterocycles. The van der Waals surface area contributed by atoms with E-state index in [2.05, 4.69) is 9.97 Å². The largest absolute Gasteiger partial charge is 0.276 e. The first-order chi connectivity index (χ1) is 5.59.